The topological polar surface area (TPSA) is 51.2 Å². The summed E-state index contributed by atoms with van der Waals surface area (Å²) >= 11 is 3.45. The van der Waals surface area contributed by atoms with Crippen LogP contribution < -0.4 is 9.47 Å². The lowest BCUT2D eigenvalue weighted by molar-refractivity contribution is -0.0459. The molecule has 1 N–H and O–H groups in total. The summed E-state index contributed by atoms with van der Waals surface area (Å²) in [6.07, 6.45) is -0.521. The van der Waals surface area contributed by atoms with Crippen molar-refractivity contribution >= 4 is 15.9 Å². The lowest BCUT2D eigenvalue weighted by Crippen LogP contribution is -2.43. The number of aliphatic hydroxyl groups is 1. The van der Waals surface area contributed by atoms with E-state index < -0.39 is 6.10 Å². The van der Waals surface area contributed by atoms with E-state index in [1.54, 1.807) is 7.11 Å². The zero-order valence-corrected chi connectivity index (χ0v) is 16.4. The normalized spacial score (nSPS) is 19.1. The molecule has 2 aromatic rings. The number of aliphatic hydroxyl groups excluding tert-OH is 1. The van der Waals surface area contributed by atoms with Crippen LogP contribution in [0.1, 0.15) is 11.7 Å². The molecule has 3 rings (SSSR count). The molecule has 0 bridgehead atoms. The van der Waals surface area contributed by atoms with E-state index in [0.717, 1.165) is 34.6 Å². The molecule has 0 amide bonds. The van der Waals surface area contributed by atoms with Crippen LogP contribution in [0.25, 0.3) is 0 Å². The van der Waals surface area contributed by atoms with E-state index in [1.807, 2.05) is 36.4 Å². The van der Waals surface area contributed by atoms with Crippen molar-refractivity contribution in [2.75, 3.05) is 40.0 Å². The predicted molar refractivity (Wildman–Crippen MR) is 104 cm³/mol. The molecule has 0 spiro atoms. The molecule has 2 atom stereocenters. The van der Waals surface area contributed by atoms with Crippen molar-refractivity contribution in [1.29, 1.82) is 0 Å². The highest BCUT2D eigenvalue weighted by Gasteiger charge is 2.23. The second kappa shape index (κ2) is 9.37. The minimum Gasteiger partial charge on any atom is -0.497 e. The molecule has 0 aromatic heterocycles. The van der Waals surface area contributed by atoms with Gasteiger partial charge in [0.15, 0.2) is 0 Å². The molecular weight excluding hydrogens is 398 g/mol. The van der Waals surface area contributed by atoms with Gasteiger partial charge in [0.05, 0.1) is 19.8 Å². The van der Waals surface area contributed by atoms with Crippen LogP contribution in [-0.4, -0.2) is 56.1 Å². The van der Waals surface area contributed by atoms with E-state index in [2.05, 4.69) is 33.0 Å². The van der Waals surface area contributed by atoms with Crippen LogP contribution in [0.5, 0.6) is 11.5 Å². The fourth-order valence-corrected chi connectivity index (χ4v) is 3.23. The van der Waals surface area contributed by atoms with Crippen molar-refractivity contribution < 1.29 is 19.3 Å². The summed E-state index contributed by atoms with van der Waals surface area (Å²) in [6, 6.07) is 15.5. The summed E-state index contributed by atoms with van der Waals surface area (Å²) in [4.78, 5) is 2.22. The van der Waals surface area contributed by atoms with Crippen LogP contribution in [0, 0.1) is 0 Å². The molecule has 0 aliphatic carbocycles. The first-order valence-corrected chi connectivity index (χ1v) is 9.47. The average molecular weight is 422 g/mol. The molecule has 140 valence electrons. The number of methoxy groups -OCH3 is 1. The molecule has 1 aliphatic rings. The maximum atomic E-state index is 10.3. The smallest absolute Gasteiger partial charge is 0.119 e. The number of ether oxygens (including phenoxy) is 3. The van der Waals surface area contributed by atoms with E-state index >= 15 is 0 Å². The van der Waals surface area contributed by atoms with Crippen molar-refractivity contribution in [3.8, 4) is 11.5 Å². The number of halogens is 1. The second-order valence-corrected chi connectivity index (χ2v) is 7.23. The quantitative estimate of drug-likeness (QED) is 0.743. The van der Waals surface area contributed by atoms with Crippen molar-refractivity contribution in [1.82, 2.24) is 4.90 Å². The standard InChI is InChI=1S/C20H24BrNO4/c1-24-18-6-8-19(9-7-18)26-14-17(23)12-22-10-11-25-20(13-22)15-2-4-16(21)5-3-15/h2-9,17,20,23H,10-14H2,1H3. The Morgan fingerprint density at radius 2 is 1.85 bits per heavy atom. The molecule has 1 aliphatic heterocycles. The molecule has 1 saturated heterocycles. The molecule has 2 unspecified atom stereocenters. The fraction of sp³-hybridized carbons (Fsp3) is 0.400. The zero-order valence-electron chi connectivity index (χ0n) is 14.8. The summed E-state index contributed by atoms with van der Waals surface area (Å²) in [5.74, 6) is 1.50. The van der Waals surface area contributed by atoms with Crippen molar-refractivity contribution in [3.05, 3.63) is 58.6 Å². The van der Waals surface area contributed by atoms with Crippen LogP contribution in [0.4, 0.5) is 0 Å². The second-order valence-electron chi connectivity index (χ2n) is 6.31. The summed E-state index contributed by atoms with van der Waals surface area (Å²) in [5, 5.41) is 10.3. The van der Waals surface area contributed by atoms with E-state index in [1.165, 1.54) is 0 Å². The molecular formula is C20H24BrNO4. The van der Waals surface area contributed by atoms with Crippen molar-refractivity contribution in [2.45, 2.75) is 12.2 Å². The van der Waals surface area contributed by atoms with Crippen LogP contribution in [0.2, 0.25) is 0 Å². The minimum absolute atomic E-state index is 0.0338. The Hall–Kier alpha value is -1.60. The molecule has 0 saturated carbocycles. The summed E-state index contributed by atoms with van der Waals surface area (Å²) in [6.45, 7) is 3.06. The van der Waals surface area contributed by atoms with E-state index in [-0.39, 0.29) is 12.7 Å². The first-order chi connectivity index (χ1) is 12.6. The van der Waals surface area contributed by atoms with Crippen molar-refractivity contribution in [3.63, 3.8) is 0 Å². The lowest BCUT2D eigenvalue weighted by atomic mass is 10.1. The zero-order chi connectivity index (χ0) is 18.4. The Balaban J connectivity index is 1.47. The third-order valence-electron chi connectivity index (χ3n) is 4.36. The van der Waals surface area contributed by atoms with E-state index in [0.29, 0.717) is 13.2 Å². The first kappa shape index (κ1) is 19.2. The van der Waals surface area contributed by atoms with Gasteiger partial charge in [0.25, 0.3) is 0 Å². The van der Waals surface area contributed by atoms with Crippen LogP contribution in [-0.2, 0) is 4.74 Å². The summed E-state index contributed by atoms with van der Waals surface area (Å²) in [7, 11) is 1.63. The molecule has 2 aromatic carbocycles. The van der Waals surface area contributed by atoms with Crippen LogP contribution in [0.15, 0.2) is 53.0 Å². The number of hydrogen-bond donors (Lipinski definition) is 1. The van der Waals surface area contributed by atoms with Gasteiger partial charge in [-0.1, -0.05) is 28.1 Å². The highest BCUT2D eigenvalue weighted by Crippen LogP contribution is 2.24. The Bertz CT molecular complexity index is 677. The molecule has 0 radical (unpaired) electrons. The van der Waals surface area contributed by atoms with Gasteiger partial charge in [-0.05, 0) is 42.0 Å². The predicted octanol–water partition coefficient (Wildman–Crippen LogP) is 3.27. The van der Waals surface area contributed by atoms with Gasteiger partial charge in [-0.25, -0.2) is 0 Å². The summed E-state index contributed by atoms with van der Waals surface area (Å²) < 4.78 is 17.7. The Labute approximate surface area is 162 Å². The van der Waals surface area contributed by atoms with Gasteiger partial charge < -0.3 is 19.3 Å². The third kappa shape index (κ3) is 5.45. The monoisotopic (exact) mass is 421 g/mol. The SMILES string of the molecule is COc1ccc(OCC(O)CN2CCOC(c3ccc(Br)cc3)C2)cc1. The van der Waals surface area contributed by atoms with Crippen LogP contribution >= 0.6 is 15.9 Å². The van der Waals surface area contributed by atoms with Gasteiger partial charge in [0, 0.05) is 24.1 Å². The number of benzene rings is 2. The Morgan fingerprint density at radius 3 is 2.54 bits per heavy atom. The third-order valence-corrected chi connectivity index (χ3v) is 4.89. The number of morpholine rings is 1. The number of nitrogens with zero attached hydrogens (tertiary/aromatic N) is 1. The van der Waals surface area contributed by atoms with Gasteiger partial charge in [-0.3, -0.25) is 4.90 Å². The highest BCUT2D eigenvalue weighted by molar-refractivity contribution is 9.10. The minimum atomic E-state index is -0.555. The number of rotatable bonds is 7. The fourth-order valence-electron chi connectivity index (χ4n) is 2.96. The maximum absolute atomic E-state index is 10.3. The maximum Gasteiger partial charge on any atom is 0.119 e. The molecule has 1 heterocycles. The molecule has 6 heteroatoms. The van der Waals surface area contributed by atoms with Gasteiger partial charge in [0.2, 0.25) is 0 Å². The first-order valence-electron chi connectivity index (χ1n) is 8.68. The molecule has 1 fully saturated rings. The number of β-amino-alcohol motifs (C(OH)–C–C–N with tert-alkyl or cyclic N) is 1. The van der Waals surface area contributed by atoms with Gasteiger partial charge >= 0.3 is 0 Å². The van der Waals surface area contributed by atoms with E-state index in [4.69, 9.17) is 14.2 Å². The highest BCUT2D eigenvalue weighted by atomic mass is 79.9. The Morgan fingerprint density at radius 1 is 1.15 bits per heavy atom. The van der Waals surface area contributed by atoms with Crippen LogP contribution in [0.3, 0.4) is 0 Å². The van der Waals surface area contributed by atoms with E-state index in [9.17, 15) is 5.11 Å². The van der Waals surface area contributed by atoms with Gasteiger partial charge in [-0.2, -0.15) is 0 Å². The molecule has 26 heavy (non-hydrogen) atoms. The van der Waals surface area contributed by atoms with Gasteiger partial charge in [0.1, 0.15) is 24.2 Å². The van der Waals surface area contributed by atoms with Crippen molar-refractivity contribution in [2.24, 2.45) is 0 Å². The van der Waals surface area contributed by atoms with Gasteiger partial charge in [-0.15, -0.1) is 0 Å². The lowest BCUT2D eigenvalue weighted by Gasteiger charge is -2.34. The summed E-state index contributed by atoms with van der Waals surface area (Å²) in [5.41, 5.74) is 1.15. The number of hydrogen-bond acceptors (Lipinski definition) is 5. The molecule has 5 nitrogen and oxygen atoms in total. The largest absolute Gasteiger partial charge is 0.497 e. The average Bonchev–Trinajstić information content (AvgIpc) is 2.67. The Kier molecular flexibility index (Phi) is 6.91.